The van der Waals surface area contributed by atoms with Gasteiger partial charge in [-0.3, -0.25) is 0 Å². The summed E-state index contributed by atoms with van der Waals surface area (Å²) in [6.07, 6.45) is -2.49. The van der Waals surface area contributed by atoms with Crippen molar-refractivity contribution in [2.24, 2.45) is 5.92 Å². The summed E-state index contributed by atoms with van der Waals surface area (Å²) in [5.41, 5.74) is -1.28. The normalized spacial score (nSPS) is 55.5. The van der Waals surface area contributed by atoms with E-state index in [0.29, 0.717) is 0 Å². The maximum absolute atomic E-state index is 9.76. The van der Waals surface area contributed by atoms with Crippen LogP contribution in [0.1, 0.15) is 20.8 Å². The standard InChI is InChI=1S/C8H16O4/c1-4-7(10)12-5(2)6(9)8(4,3)11/h4-7,9-11H,1-3H3/t4?,5-,6-,7?,8+/m0/s1. The van der Waals surface area contributed by atoms with Crippen LogP contribution in [0.25, 0.3) is 0 Å². The molecule has 0 aromatic rings. The highest BCUT2D eigenvalue weighted by atomic mass is 16.6. The van der Waals surface area contributed by atoms with Crippen molar-refractivity contribution >= 4 is 0 Å². The van der Waals surface area contributed by atoms with Crippen molar-refractivity contribution in [1.29, 1.82) is 0 Å². The summed E-state index contributed by atoms with van der Waals surface area (Å²) in [6, 6.07) is 0. The summed E-state index contributed by atoms with van der Waals surface area (Å²) in [4.78, 5) is 0. The van der Waals surface area contributed by atoms with E-state index in [1.807, 2.05) is 0 Å². The van der Waals surface area contributed by atoms with Gasteiger partial charge in [0.2, 0.25) is 0 Å². The van der Waals surface area contributed by atoms with Crippen LogP contribution in [0.4, 0.5) is 0 Å². The Morgan fingerprint density at radius 3 is 2.25 bits per heavy atom. The van der Waals surface area contributed by atoms with Crippen molar-refractivity contribution in [1.82, 2.24) is 0 Å². The fourth-order valence-electron chi connectivity index (χ4n) is 1.45. The van der Waals surface area contributed by atoms with E-state index in [-0.39, 0.29) is 0 Å². The Balaban J connectivity index is 2.82. The molecule has 1 heterocycles. The molecule has 0 bridgehead atoms. The fraction of sp³-hybridized carbons (Fsp3) is 1.00. The zero-order valence-electron chi connectivity index (χ0n) is 7.56. The first-order valence-electron chi connectivity index (χ1n) is 4.11. The second-order valence-electron chi connectivity index (χ2n) is 3.69. The minimum atomic E-state index is -1.28. The predicted octanol–water partition coefficient (Wildman–Crippen LogP) is -0.528. The topological polar surface area (TPSA) is 69.9 Å². The molecule has 4 nitrogen and oxygen atoms in total. The number of hydrogen-bond donors (Lipinski definition) is 3. The van der Waals surface area contributed by atoms with Gasteiger partial charge in [0.05, 0.1) is 11.7 Å². The molecular formula is C8H16O4. The Bertz CT molecular complexity index is 152. The third-order valence-electron chi connectivity index (χ3n) is 2.75. The molecule has 5 atom stereocenters. The number of ether oxygens (including phenoxy) is 1. The van der Waals surface area contributed by atoms with Crippen LogP contribution in [0.2, 0.25) is 0 Å². The van der Waals surface area contributed by atoms with Gasteiger partial charge in [-0.25, -0.2) is 0 Å². The summed E-state index contributed by atoms with van der Waals surface area (Å²) in [7, 11) is 0. The Hall–Kier alpha value is -0.160. The van der Waals surface area contributed by atoms with Crippen molar-refractivity contribution in [3.63, 3.8) is 0 Å². The lowest BCUT2D eigenvalue weighted by molar-refractivity contribution is -0.287. The minimum Gasteiger partial charge on any atom is -0.387 e. The molecule has 0 saturated carbocycles. The van der Waals surface area contributed by atoms with Gasteiger partial charge in [0, 0.05) is 5.92 Å². The van der Waals surface area contributed by atoms with E-state index >= 15 is 0 Å². The molecule has 0 radical (unpaired) electrons. The molecule has 0 aromatic carbocycles. The summed E-state index contributed by atoms with van der Waals surface area (Å²) >= 11 is 0. The fourth-order valence-corrected chi connectivity index (χ4v) is 1.45. The Labute approximate surface area is 71.8 Å². The smallest absolute Gasteiger partial charge is 0.160 e. The Kier molecular flexibility index (Phi) is 2.45. The highest BCUT2D eigenvalue weighted by Gasteiger charge is 2.48. The van der Waals surface area contributed by atoms with Crippen LogP contribution in [0, 0.1) is 5.92 Å². The molecule has 0 spiro atoms. The largest absolute Gasteiger partial charge is 0.387 e. The zero-order valence-corrected chi connectivity index (χ0v) is 7.56. The van der Waals surface area contributed by atoms with E-state index in [1.165, 1.54) is 6.92 Å². The molecule has 1 aliphatic rings. The zero-order chi connectivity index (χ0) is 9.52. The number of hydrogen-bond acceptors (Lipinski definition) is 4. The van der Waals surface area contributed by atoms with Gasteiger partial charge in [0.15, 0.2) is 6.29 Å². The van der Waals surface area contributed by atoms with Gasteiger partial charge in [-0.05, 0) is 13.8 Å². The molecule has 2 unspecified atom stereocenters. The summed E-state index contributed by atoms with van der Waals surface area (Å²) in [6.45, 7) is 4.76. The third-order valence-corrected chi connectivity index (χ3v) is 2.75. The molecule has 4 heteroatoms. The summed E-state index contributed by atoms with van der Waals surface area (Å²) < 4.78 is 4.99. The highest BCUT2D eigenvalue weighted by molar-refractivity contribution is 4.94. The summed E-state index contributed by atoms with van der Waals surface area (Å²) in [5, 5.41) is 28.6. The second kappa shape index (κ2) is 2.96. The lowest BCUT2D eigenvalue weighted by atomic mass is 9.80. The van der Waals surface area contributed by atoms with Crippen molar-refractivity contribution in [3.05, 3.63) is 0 Å². The van der Waals surface area contributed by atoms with Crippen molar-refractivity contribution < 1.29 is 20.1 Å². The first kappa shape index (κ1) is 9.92. The second-order valence-corrected chi connectivity index (χ2v) is 3.69. The van der Waals surface area contributed by atoms with Crippen molar-refractivity contribution in [2.75, 3.05) is 0 Å². The molecule has 1 saturated heterocycles. The monoisotopic (exact) mass is 176 g/mol. The lowest BCUT2D eigenvalue weighted by Crippen LogP contribution is -2.60. The quantitative estimate of drug-likeness (QED) is 0.464. The van der Waals surface area contributed by atoms with Gasteiger partial charge >= 0.3 is 0 Å². The molecule has 72 valence electrons. The van der Waals surface area contributed by atoms with Crippen LogP contribution in [0.5, 0.6) is 0 Å². The molecule has 3 N–H and O–H groups in total. The van der Waals surface area contributed by atoms with Gasteiger partial charge in [-0.2, -0.15) is 0 Å². The minimum absolute atomic E-state index is 0.483. The number of rotatable bonds is 0. The van der Waals surface area contributed by atoms with Gasteiger partial charge in [0.25, 0.3) is 0 Å². The van der Waals surface area contributed by atoms with Crippen LogP contribution >= 0.6 is 0 Å². The van der Waals surface area contributed by atoms with E-state index in [2.05, 4.69) is 0 Å². The first-order chi connectivity index (χ1) is 5.37. The van der Waals surface area contributed by atoms with E-state index in [1.54, 1.807) is 13.8 Å². The summed E-state index contributed by atoms with van der Waals surface area (Å²) in [5.74, 6) is -0.483. The van der Waals surface area contributed by atoms with Crippen LogP contribution in [-0.2, 0) is 4.74 Å². The van der Waals surface area contributed by atoms with E-state index in [9.17, 15) is 15.3 Å². The molecular weight excluding hydrogens is 160 g/mol. The molecule has 12 heavy (non-hydrogen) atoms. The van der Waals surface area contributed by atoms with Gasteiger partial charge in [-0.1, -0.05) is 6.92 Å². The third kappa shape index (κ3) is 1.35. The van der Waals surface area contributed by atoms with Gasteiger partial charge in [-0.15, -0.1) is 0 Å². The van der Waals surface area contributed by atoms with Crippen LogP contribution in [0.15, 0.2) is 0 Å². The molecule has 0 aromatic heterocycles. The van der Waals surface area contributed by atoms with Crippen LogP contribution in [-0.4, -0.2) is 39.4 Å². The van der Waals surface area contributed by atoms with E-state index < -0.39 is 30.0 Å². The SMILES string of the molecule is CC1C(O)O[C@@H](C)[C@H](O)[C@]1(C)O. The van der Waals surface area contributed by atoms with Crippen molar-refractivity contribution in [2.45, 2.75) is 44.9 Å². The van der Waals surface area contributed by atoms with Crippen LogP contribution in [0.3, 0.4) is 0 Å². The number of aliphatic hydroxyl groups is 3. The molecule has 0 amide bonds. The Morgan fingerprint density at radius 1 is 1.25 bits per heavy atom. The molecule has 1 rings (SSSR count). The lowest BCUT2D eigenvalue weighted by Gasteiger charge is -2.45. The van der Waals surface area contributed by atoms with Gasteiger partial charge in [0.1, 0.15) is 6.10 Å². The predicted molar refractivity (Wildman–Crippen MR) is 42.3 cm³/mol. The van der Waals surface area contributed by atoms with E-state index in [4.69, 9.17) is 4.74 Å². The highest BCUT2D eigenvalue weighted by Crippen LogP contribution is 2.32. The van der Waals surface area contributed by atoms with Gasteiger partial charge < -0.3 is 20.1 Å². The average molecular weight is 176 g/mol. The van der Waals surface area contributed by atoms with E-state index in [0.717, 1.165) is 0 Å². The average Bonchev–Trinajstić information content (AvgIpc) is 1.99. The maximum Gasteiger partial charge on any atom is 0.160 e. The Morgan fingerprint density at radius 2 is 1.75 bits per heavy atom. The van der Waals surface area contributed by atoms with Crippen molar-refractivity contribution in [3.8, 4) is 0 Å². The first-order valence-corrected chi connectivity index (χ1v) is 4.11. The number of aliphatic hydroxyl groups excluding tert-OH is 2. The maximum atomic E-state index is 9.76. The molecule has 0 aliphatic carbocycles. The molecule has 1 fully saturated rings. The molecule has 1 aliphatic heterocycles. The van der Waals surface area contributed by atoms with Crippen LogP contribution < -0.4 is 0 Å².